The highest BCUT2D eigenvalue weighted by molar-refractivity contribution is 7.89. The van der Waals surface area contributed by atoms with Crippen molar-refractivity contribution in [1.82, 2.24) is 14.5 Å². The van der Waals surface area contributed by atoms with E-state index in [0.717, 1.165) is 28.3 Å². The Bertz CT molecular complexity index is 1490. The summed E-state index contributed by atoms with van der Waals surface area (Å²) < 4.78 is 25.9. The maximum absolute atomic E-state index is 13.1. The number of nitrogens with one attached hydrogen (secondary N) is 1. The summed E-state index contributed by atoms with van der Waals surface area (Å²) in [6.07, 6.45) is 1.60. The third-order valence-electron chi connectivity index (χ3n) is 6.82. The highest BCUT2D eigenvalue weighted by Gasteiger charge is 2.26. The molecule has 1 aliphatic rings. The topological polar surface area (TPSA) is 86.8 Å². The minimum absolute atomic E-state index is 0.0235. The van der Waals surface area contributed by atoms with E-state index in [4.69, 9.17) is 34.8 Å². The summed E-state index contributed by atoms with van der Waals surface area (Å²) in [6, 6.07) is 16.7. The van der Waals surface area contributed by atoms with Gasteiger partial charge in [0.05, 0.1) is 25.5 Å². The number of hydrogen-bond acceptors (Lipinski definition) is 4. The monoisotopic (exact) mass is 607 g/mol. The number of carbonyl (C=O) groups is 2. The van der Waals surface area contributed by atoms with E-state index in [1.54, 1.807) is 30.3 Å². The Balaban J connectivity index is 1.35. The molecule has 0 aliphatic carbocycles. The molecule has 2 amide bonds. The minimum atomic E-state index is -3.71. The van der Waals surface area contributed by atoms with E-state index in [2.05, 4.69) is 5.32 Å². The fourth-order valence-electron chi connectivity index (χ4n) is 4.50. The Hall–Kier alpha value is -2.62. The third kappa shape index (κ3) is 6.58. The van der Waals surface area contributed by atoms with Crippen molar-refractivity contribution >= 4 is 56.6 Å². The van der Waals surface area contributed by atoms with Gasteiger partial charge in [-0.2, -0.15) is 0 Å². The molecule has 1 aliphatic heterocycles. The molecular formula is C28H28Cl3N3O4S. The third-order valence-corrected chi connectivity index (χ3v) is 9.79. The summed E-state index contributed by atoms with van der Waals surface area (Å²) in [7, 11) is -0.885. The molecule has 0 saturated carbocycles. The fraction of sp³-hybridized carbons (Fsp3) is 0.286. The molecule has 4 rings (SSSR count). The zero-order valence-electron chi connectivity index (χ0n) is 21.5. The largest absolute Gasteiger partial charge is 0.348 e. The van der Waals surface area contributed by atoms with Crippen molar-refractivity contribution in [2.75, 3.05) is 27.2 Å². The molecule has 7 nitrogen and oxygen atoms in total. The van der Waals surface area contributed by atoms with Crippen LogP contribution in [-0.4, -0.2) is 56.6 Å². The van der Waals surface area contributed by atoms with Gasteiger partial charge in [0.1, 0.15) is 0 Å². The lowest BCUT2D eigenvalue weighted by Crippen LogP contribution is -2.38. The normalized spacial score (nSPS) is 14.5. The molecule has 206 valence electrons. The number of amides is 2. The van der Waals surface area contributed by atoms with Gasteiger partial charge in [-0.3, -0.25) is 9.59 Å². The standard InChI is InChI=1S/C28H28Cl3N3O4S/c1-33(2)39(37,38)21-10-11-24(29)23(16-21)27(35)32-17-18-6-8-20(9-7-18)28(36)34-14-12-19(13-15-34)22-4-3-5-25(30)26(22)31/h3-11,16,19H,12-15,17H2,1-2H3,(H,32,35). The lowest BCUT2D eigenvalue weighted by Gasteiger charge is -2.32. The number of piperidine rings is 1. The number of rotatable bonds is 7. The van der Waals surface area contributed by atoms with Gasteiger partial charge in [-0.1, -0.05) is 59.1 Å². The highest BCUT2D eigenvalue weighted by atomic mass is 35.5. The molecule has 3 aromatic carbocycles. The summed E-state index contributed by atoms with van der Waals surface area (Å²) in [5, 5.41) is 4.03. The lowest BCUT2D eigenvalue weighted by atomic mass is 9.89. The van der Waals surface area contributed by atoms with E-state index in [0.29, 0.717) is 28.7 Å². The molecule has 1 saturated heterocycles. The predicted octanol–water partition coefficient (Wildman–Crippen LogP) is 5.85. The second kappa shape index (κ2) is 12.3. The molecule has 11 heteroatoms. The zero-order chi connectivity index (χ0) is 28.3. The summed E-state index contributed by atoms with van der Waals surface area (Å²) in [5.74, 6) is -0.297. The van der Waals surface area contributed by atoms with Gasteiger partial charge in [-0.15, -0.1) is 0 Å². The van der Waals surface area contributed by atoms with Crippen molar-refractivity contribution in [1.29, 1.82) is 0 Å². The van der Waals surface area contributed by atoms with E-state index < -0.39 is 15.9 Å². The Morgan fingerprint density at radius 3 is 2.26 bits per heavy atom. The van der Waals surface area contributed by atoms with Crippen molar-refractivity contribution in [3.63, 3.8) is 0 Å². The molecule has 3 aromatic rings. The molecule has 0 radical (unpaired) electrons. The Morgan fingerprint density at radius 2 is 1.62 bits per heavy atom. The van der Waals surface area contributed by atoms with Crippen molar-refractivity contribution in [3.05, 3.63) is 98.0 Å². The first-order valence-electron chi connectivity index (χ1n) is 12.3. The number of nitrogens with zero attached hydrogens (tertiary/aromatic N) is 2. The molecule has 0 spiro atoms. The average Bonchev–Trinajstić information content (AvgIpc) is 2.93. The smallest absolute Gasteiger partial charge is 0.253 e. The Morgan fingerprint density at radius 1 is 0.949 bits per heavy atom. The predicted molar refractivity (Wildman–Crippen MR) is 154 cm³/mol. The first-order chi connectivity index (χ1) is 18.5. The first-order valence-corrected chi connectivity index (χ1v) is 14.9. The maximum atomic E-state index is 13.1. The fourth-order valence-corrected chi connectivity index (χ4v) is 6.10. The van der Waals surface area contributed by atoms with Gasteiger partial charge in [0.2, 0.25) is 10.0 Å². The summed E-state index contributed by atoms with van der Waals surface area (Å²) in [5.41, 5.74) is 2.43. The second-order valence-corrected chi connectivity index (χ2v) is 12.9. The van der Waals surface area contributed by atoms with Crippen molar-refractivity contribution in [3.8, 4) is 0 Å². The average molecular weight is 609 g/mol. The summed E-state index contributed by atoms with van der Waals surface area (Å²) >= 11 is 18.7. The molecule has 0 unspecified atom stereocenters. The zero-order valence-corrected chi connectivity index (χ0v) is 24.5. The van der Waals surface area contributed by atoms with E-state index >= 15 is 0 Å². The number of halogens is 3. The van der Waals surface area contributed by atoms with E-state index in [1.807, 2.05) is 17.0 Å². The van der Waals surface area contributed by atoms with Crippen LogP contribution in [0.15, 0.2) is 65.6 Å². The quantitative estimate of drug-likeness (QED) is 0.365. The second-order valence-electron chi connectivity index (χ2n) is 9.52. The molecule has 0 bridgehead atoms. The van der Waals surface area contributed by atoms with Crippen LogP contribution in [0.5, 0.6) is 0 Å². The highest BCUT2D eigenvalue weighted by Crippen LogP contribution is 2.36. The van der Waals surface area contributed by atoms with Crippen LogP contribution in [0, 0.1) is 0 Å². The Labute approximate surface area is 243 Å². The molecule has 1 fully saturated rings. The van der Waals surface area contributed by atoms with Gasteiger partial charge in [0, 0.05) is 39.3 Å². The first kappa shape index (κ1) is 29.4. The molecular weight excluding hydrogens is 581 g/mol. The lowest BCUT2D eigenvalue weighted by molar-refractivity contribution is 0.0712. The van der Waals surface area contributed by atoms with E-state index in [9.17, 15) is 18.0 Å². The number of likely N-dealkylation sites (tertiary alicyclic amines) is 1. The SMILES string of the molecule is CN(C)S(=O)(=O)c1ccc(Cl)c(C(=O)NCc2ccc(C(=O)N3CCC(c4cccc(Cl)c4Cl)CC3)cc2)c1. The maximum Gasteiger partial charge on any atom is 0.253 e. The van der Waals surface area contributed by atoms with Crippen LogP contribution in [0.2, 0.25) is 15.1 Å². The van der Waals surface area contributed by atoms with Crippen molar-refractivity contribution in [2.24, 2.45) is 0 Å². The van der Waals surface area contributed by atoms with Crippen LogP contribution >= 0.6 is 34.8 Å². The number of sulfonamides is 1. The van der Waals surface area contributed by atoms with Crippen molar-refractivity contribution in [2.45, 2.75) is 30.2 Å². The van der Waals surface area contributed by atoms with Gasteiger partial charge >= 0.3 is 0 Å². The Kier molecular flexibility index (Phi) is 9.24. The van der Waals surface area contributed by atoms with Gasteiger partial charge in [-0.25, -0.2) is 12.7 Å². The van der Waals surface area contributed by atoms with Gasteiger partial charge in [0.15, 0.2) is 0 Å². The van der Waals surface area contributed by atoms with E-state index in [1.165, 1.54) is 32.3 Å². The molecule has 0 atom stereocenters. The van der Waals surface area contributed by atoms with Crippen LogP contribution in [-0.2, 0) is 16.6 Å². The minimum Gasteiger partial charge on any atom is -0.348 e. The van der Waals surface area contributed by atoms with Crippen LogP contribution in [0.4, 0.5) is 0 Å². The summed E-state index contributed by atoms with van der Waals surface area (Å²) in [6.45, 7) is 1.42. The van der Waals surface area contributed by atoms with Gasteiger partial charge < -0.3 is 10.2 Å². The van der Waals surface area contributed by atoms with Crippen LogP contribution in [0.3, 0.4) is 0 Å². The van der Waals surface area contributed by atoms with Gasteiger partial charge in [-0.05, 0) is 66.3 Å². The van der Waals surface area contributed by atoms with Crippen LogP contribution in [0.25, 0.3) is 0 Å². The number of benzene rings is 3. The van der Waals surface area contributed by atoms with Crippen LogP contribution < -0.4 is 5.32 Å². The molecule has 0 aromatic heterocycles. The van der Waals surface area contributed by atoms with Gasteiger partial charge in [0.25, 0.3) is 11.8 Å². The molecule has 39 heavy (non-hydrogen) atoms. The molecule has 1 N–H and O–H groups in total. The molecule has 1 heterocycles. The summed E-state index contributed by atoms with van der Waals surface area (Å²) in [4.78, 5) is 27.6. The van der Waals surface area contributed by atoms with E-state index in [-0.39, 0.29) is 33.9 Å². The van der Waals surface area contributed by atoms with Crippen LogP contribution in [0.1, 0.15) is 50.6 Å². The number of carbonyl (C=O) groups excluding carboxylic acids is 2. The van der Waals surface area contributed by atoms with Crippen molar-refractivity contribution < 1.29 is 18.0 Å². The number of hydrogen-bond donors (Lipinski definition) is 1.